The van der Waals surface area contributed by atoms with E-state index in [0.717, 1.165) is 25.7 Å². The highest BCUT2D eigenvalue weighted by Crippen LogP contribution is 2.34. The van der Waals surface area contributed by atoms with Gasteiger partial charge in [0, 0.05) is 5.88 Å². The topological polar surface area (TPSA) is 29.1 Å². The van der Waals surface area contributed by atoms with Crippen molar-refractivity contribution < 1.29 is 4.79 Å². The zero-order valence-electron chi connectivity index (χ0n) is 9.06. The molecule has 94 valence electrons. The van der Waals surface area contributed by atoms with Crippen LogP contribution in [0.3, 0.4) is 0 Å². The quantitative estimate of drug-likeness (QED) is 0.827. The molecule has 6 heteroatoms. The number of amides is 1. The van der Waals surface area contributed by atoms with Crippen molar-refractivity contribution in [1.29, 1.82) is 0 Å². The van der Waals surface area contributed by atoms with Crippen LogP contribution in [0.25, 0.3) is 0 Å². The summed E-state index contributed by atoms with van der Waals surface area (Å²) >= 11 is 18.9. The molecular formula is C11H12Cl3NOS. The summed E-state index contributed by atoms with van der Waals surface area (Å²) in [6.45, 7) is 0. The molecule has 17 heavy (non-hydrogen) atoms. The second kappa shape index (κ2) is 5.35. The van der Waals surface area contributed by atoms with Crippen LogP contribution in [0.15, 0.2) is 6.07 Å². The monoisotopic (exact) mass is 311 g/mol. The molecule has 1 saturated carbocycles. The van der Waals surface area contributed by atoms with Gasteiger partial charge in [-0.1, -0.05) is 36.0 Å². The first-order valence-corrected chi connectivity index (χ1v) is 7.50. The highest BCUT2D eigenvalue weighted by atomic mass is 35.5. The Morgan fingerprint density at radius 2 is 2.06 bits per heavy atom. The average molecular weight is 313 g/mol. The number of hydrogen-bond donors (Lipinski definition) is 1. The van der Waals surface area contributed by atoms with Gasteiger partial charge in [0.25, 0.3) is 5.91 Å². The van der Waals surface area contributed by atoms with Crippen molar-refractivity contribution in [2.75, 3.05) is 5.88 Å². The summed E-state index contributed by atoms with van der Waals surface area (Å²) in [6.07, 6.45) is 4.06. The normalized spacial score (nSPS) is 18.3. The number of hydrogen-bond acceptors (Lipinski definition) is 2. The largest absolute Gasteiger partial charge is 0.345 e. The molecule has 1 heterocycles. The lowest BCUT2D eigenvalue weighted by atomic mass is 10.00. The van der Waals surface area contributed by atoms with Gasteiger partial charge in [-0.3, -0.25) is 4.79 Å². The van der Waals surface area contributed by atoms with Gasteiger partial charge in [-0.15, -0.1) is 22.9 Å². The molecule has 1 N–H and O–H groups in total. The molecule has 0 aromatic carbocycles. The van der Waals surface area contributed by atoms with Gasteiger partial charge in [0.2, 0.25) is 0 Å². The van der Waals surface area contributed by atoms with Crippen LogP contribution < -0.4 is 5.32 Å². The van der Waals surface area contributed by atoms with Gasteiger partial charge in [0.1, 0.15) is 4.34 Å². The summed E-state index contributed by atoms with van der Waals surface area (Å²) in [5.74, 6) is 0.259. The van der Waals surface area contributed by atoms with Gasteiger partial charge < -0.3 is 5.32 Å². The molecule has 0 atom stereocenters. The Labute approximate surface area is 119 Å². The first kappa shape index (κ1) is 13.5. The van der Waals surface area contributed by atoms with Crippen LogP contribution >= 0.6 is 46.1 Å². The Balaban J connectivity index is 2.13. The second-order valence-corrected chi connectivity index (χ2v) is 6.87. The highest BCUT2D eigenvalue weighted by molar-refractivity contribution is 7.20. The Bertz CT molecular complexity index is 426. The predicted octanol–water partition coefficient (Wildman–Crippen LogP) is 4.34. The summed E-state index contributed by atoms with van der Waals surface area (Å²) in [5.41, 5.74) is 0.175. The van der Waals surface area contributed by atoms with Crippen molar-refractivity contribution >= 4 is 52.0 Å². The van der Waals surface area contributed by atoms with Crippen LogP contribution in [0.4, 0.5) is 0 Å². The van der Waals surface area contributed by atoms with E-state index in [9.17, 15) is 4.79 Å². The lowest BCUT2D eigenvalue weighted by molar-refractivity contribution is 0.0910. The SMILES string of the molecule is O=C(NC1(CCl)CCCC1)c1cc(Cl)sc1Cl. The molecule has 1 aromatic heterocycles. The number of nitrogens with one attached hydrogen (secondary N) is 1. The van der Waals surface area contributed by atoms with E-state index in [2.05, 4.69) is 5.32 Å². The Hall–Kier alpha value is 0.0400. The van der Waals surface area contributed by atoms with E-state index >= 15 is 0 Å². The van der Waals surface area contributed by atoms with E-state index in [-0.39, 0.29) is 11.4 Å². The van der Waals surface area contributed by atoms with Crippen molar-refractivity contribution in [2.45, 2.75) is 31.2 Å². The molecule has 2 nitrogen and oxygen atoms in total. The van der Waals surface area contributed by atoms with Crippen LogP contribution in [0.1, 0.15) is 36.0 Å². The van der Waals surface area contributed by atoms with E-state index < -0.39 is 0 Å². The van der Waals surface area contributed by atoms with Crippen LogP contribution in [-0.4, -0.2) is 17.3 Å². The van der Waals surface area contributed by atoms with E-state index in [0.29, 0.717) is 20.1 Å². The summed E-state index contributed by atoms with van der Waals surface area (Å²) < 4.78 is 0.946. The smallest absolute Gasteiger partial charge is 0.254 e. The molecule has 1 aromatic rings. The molecule has 0 aliphatic heterocycles. The zero-order valence-corrected chi connectivity index (χ0v) is 12.1. The van der Waals surface area contributed by atoms with Crippen molar-refractivity contribution in [3.8, 4) is 0 Å². The third-order valence-corrected chi connectivity index (χ3v) is 5.10. The highest BCUT2D eigenvalue weighted by Gasteiger charge is 2.35. The lowest BCUT2D eigenvalue weighted by Gasteiger charge is -2.27. The first-order chi connectivity index (χ1) is 8.06. The van der Waals surface area contributed by atoms with E-state index in [1.807, 2.05) is 0 Å². The number of carbonyl (C=O) groups is 1. The third kappa shape index (κ3) is 2.90. The van der Waals surface area contributed by atoms with E-state index in [1.54, 1.807) is 6.07 Å². The summed E-state index contributed by atoms with van der Waals surface area (Å²) in [4.78, 5) is 12.1. The van der Waals surface area contributed by atoms with Gasteiger partial charge in [-0.25, -0.2) is 0 Å². The number of halogens is 3. The second-order valence-electron chi connectivity index (χ2n) is 4.31. The van der Waals surface area contributed by atoms with Crippen LogP contribution in [0.5, 0.6) is 0 Å². The van der Waals surface area contributed by atoms with Crippen LogP contribution in [0.2, 0.25) is 8.67 Å². The minimum absolute atomic E-state index is 0.180. The van der Waals surface area contributed by atoms with E-state index in [1.165, 1.54) is 11.3 Å². The number of alkyl halides is 1. The minimum atomic E-state index is -0.267. The van der Waals surface area contributed by atoms with Crippen molar-refractivity contribution in [2.24, 2.45) is 0 Å². The van der Waals surface area contributed by atoms with E-state index in [4.69, 9.17) is 34.8 Å². The Morgan fingerprint density at radius 1 is 1.41 bits per heavy atom. The van der Waals surface area contributed by atoms with Crippen molar-refractivity contribution in [1.82, 2.24) is 5.32 Å². The third-order valence-electron chi connectivity index (χ3n) is 3.10. The molecule has 0 spiro atoms. The fourth-order valence-electron chi connectivity index (χ4n) is 2.15. The summed E-state index contributed by atoms with van der Waals surface area (Å²) in [7, 11) is 0. The van der Waals surface area contributed by atoms with Crippen molar-refractivity contribution in [3.63, 3.8) is 0 Å². The zero-order chi connectivity index (χ0) is 12.5. The minimum Gasteiger partial charge on any atom is -0.345 e. The summed E-state index contributed by atoms with van der Waals surface area (Å²) in [5, 5.41) is 3.01. The molecule has 0 unspecified atom stereocenters. The average Bonchev–Trinajstić information content (AvgIpc) is 2.86. The fraction of sp³-hybridized carbons (Fsp3) is 0.545. The Kier molecular flexibility index (Phi) is 4.24. The molecule has 2 rings (SSSR count). The maximum Gasteiger partial charge on any atom is 0.254 e. The van der Waals surface area contributed by atoms with Crippen LogP contribution in [0, 0.1) is 0 Å². The van der Waals surface area contributed by atoms with Crippen molar-refractivity contribution in [3.05, 3.63) is 20.3 Å². The van der Waals surface area contributed by atoms with Gasteiger partial charge in [0.15, 0.2) is 0 Å². The molecule has 0 radical (unpaired) electrons. The van der Waals surface area contributed by atoms with Gasteiger partial charge >= 0.3 is 0 Å². The van der Waals surface area contributed by atoms with Gasteiger partial charge in [0.05, 0.1) is 15.4 Å². The van der Waals surface area contributed by atoms with Gasteiger partial charge in [-0.05, 0) is 18.9 Å². The molecule has 1 aliphatic carbocycles. The molecule has 1 fully saturated rings. The number of rotatable bonds is 3. The Morgan fingerprint density at radius 3 is 2.53 bits per heavy atom. The fourth-order valence-corrected chi connectivity index (χ4v) is 3.94. The maximum absolute atomic E-state index is 12.1. The molecule has 1 amide bonds. The molecular weight excluding hydrogens is 301 g/mol. The standard InChI is InChI=1S/C11H12Cl3NOS/c12-6-11(3-1-2-4-11)15-10(16)7-5-8(13)17-9(7)14/h5H,1-4,6H2,(H,15,16). The summed E-state index contributed by atoms with van der Waals surface area (Å²) in [6, 6.07) is 1.60. The number of carbonyl (C=O) groups excluding carboxylic acids is 1. The lowest BCUT2D eigenvalue weighted by Crippen LogP contribution is -2.47. The molecule has 0 bridgehead atoms. The first-order valence-electron chi connectivity index (χ1n) is 5.40. The van der Waals surface area contributed by atoms with Gasteiger partial charge in [-0.2, -0.15) is 0 Å². The number of thiophene rings is 1. The molecule has 0 saturated heterocycles. The predicted molar refractivity (Wildman–Crippen MR) is 73.7 cm³/mol. The molecule has 1 aliphatic rings. The van der Waals surface area contributed by atoms with Crippen LogP contribution in [-0.2, 0) is 0 Å². The maximum atomic E-state index is 12.1.